The summed E-state index contributed by atoms with van der Waals surface area (Å²) in [6.07, 6.45) is 0.0336. The van der Waals surface area contributed by atoms with Gasteiger partial charge in [0.25, 0.3) is 0 Å². The lowest BCUT2D eigenvalue weighted by molar-refractivity contribution is -0.136. The van der Waals surface area contributed by atoms with E-state index < -0.39 is 5.97 Å². The van der Waals surface area contributed by atoms with Gasteiger partial charge in [0.1, 0.15) is 5.82 Å². The molecule has 1 N–H and O–H groups in total. The van der Waals surface area contributed by atoms with Crippen LogP contribution in [0.1, 0.15) is 4.88 Å². The Morgan fingerprint density at radius 3 is 2.50 bits per heavy atom. The fourth-order valence-corrected chi connectivity index (χ4v) is 2.40. The van der Waals surface area contributed by atoms with Crippen molar-refractivity contribution < 1.29 is 14.3 Å². The summed E-state index contributed by atoms with van der Waals surface area (Å²) in [5.74, 6) is -1.11. The molecule has 1 aromatic carbocycles. The Bertz CT molecular complexity index is 502. The summed E-state index contributed by atoms with van der Waals surface area (Å²) in [6.45, 7) is 0. The molecule has 0 saturated carbocycles. The lowest BCUT2D eigenvalue weighted by Crippen LogP contribution is -1.96. The average molecular weight is 236 g/mol. The van der Waals surface area contributed by atoms with Crippen LogP contribution in [0.2, 0.25) is 0 Å². The average Bonchev–Trinajstić information content (AvgIpc) is 2.66. The molecule has 0 fully saturated rings. The number of aliphatic carboxylic acids is 1. The Balaban J connectivity index is 2.24. The Morgan fingerprint density at radius 2 is 1.88 bits per heavy atom. The molecule has 0 spiro atoms. The Hall–Kier alpha value is -1.68. The van der Waals surface area contributed by atoms with E-state index in [-0.39, 0.29) is 12.2 Å². The summed E-state index contributed by atoms with van der Waals surface area (Å²) in [4.78, 5) is 12.3. The van der Waals surface area contributed by atoms with E-state index in [0.717, 1.165) is 15.3 Å². The number of hydrogen-bond acceptors (Lipinski definition) is 2. The number of carbonyl (C=O) groups is 1. The zero-order chi connectivity index (χ0) is 11.5. The largest absolute Gasteiger partial charge is 0.481 e. The van der Waals surface area contributed by atoms with Gasteiger partial charge < -0.3 is 5.11 Å². The molecule has 0 radical (unpaired) electrons. The highest BCUT2D eigenvalue weighted by molar-refractivity contribution is 7.15. The van der Waals surface area contributed by atoms with Gasteiger partial charge in [-0.05, 0) is 29.8 Å². The summed E-state index contributed by atoms with van der Waals surface area (Å²) in [6, 6.07) is 9.81. The van der Waals surface area contributed by atoms with Crippen molar-refractivity contribution in [3.05, 3.63) is 47.1 Å². The standard InChI is InChI=1S/C12H9FO2S/c13-9-3-1-8(2-4-9)11-6-5-10(16-11)7-12(14)15/h1-6H,7H2,(H,14,15). The van der Waals surface area contributed by atoms with Crippen molar-refractivity contribution in [2.75, 3.05) is 0 Å². The number of rotatable bonds is 3. The third-order valence-corrected chi connectivity index (χ3v) is 3.25. The molecule has 16 heavy (non-hydrogen) atoms. The van der Waals surface area contributed by atoms with Gasteiger partial charge in [-0.1, -0.05) is 12.1 Å². The second-order valence-corrected chi connectivity index (χ2v) is 4.51. The van der Waals surface area contributed by atoms with E-state index in [0.29, 0.717) is 0 Å². The maximum absolute atomic E-state index is 12.7. The van der Waals surface area contributed by atoms with Crippen molar-refractivity contribution in [2.24, 2.45) is 0 Å². The molecule has 0 amide bonds. The number of hydrogen-bond donors (Lipinski definition) is 1. The van der Waals surface area contributed by atoms with Crippen molar-refractivity contribution in [3.8, 4) is 10.4 Å². The van der Waals surface area contributed by atoms with E-state index in [9.17, 15) is 9.18 Å². The summed E-state index contributed by atoms with van der Waals surface area (Å²) >= 11 is 1.42. The SMILES string of the molecule is O=C(O)Cc1ccc(-c2ccc(F)cc2)s1. The molecular formula is C12H9FO2S. The predicted molar refractivity (Wildman–Crippen MR) is 61.1 cm³/mol. The third-order valence-electron chi connectivity index (χ3n) is 2.12. The molecule has 0 unspecified atom stereocenters. The van der Waals surface area contributed by atoms with Crippen LogP contribution >= 0.6 is 11.3 Å². The normalized spacial score (nSPS) is 10.3. The zero-order valence-corrected chi connectivity index (χ0v) is 9.13. The summed E-state index contributed by atoms with van der Waals surface area (Å²) in [5, 5.41) is 8.64. The quantitative estimate of drug-likeness (QED) is 0.888. The molecule has 2 rings (SSSR count). The summed E-state index contributed by atoms with van der Waals surface area (Å²) in [5.41, 5.74) is 0.906. The minimum absolute atomic E-state index is 0.0336. The molecule has 2 aromatic rings. The van der Waals surface area contributed by atoms with Gasteiger partial charge in [0.2, 0.25) is 0 Å². The van der Waals surface area contributed by atoms with Crippen LogP contribution in [-0.4, -0.2) is 11.1 Å². The topological polar surface area (TPSA) is 37.3 Å². The van der Waals surface area contributed by atoms with E-state index in [1.807, 2.05) is 6.07 Å². The summed E-state index contributed by atoms with van der Waals surface area (Å²) < 4.78 is 12.7. The number of benzene rings is 1. The fraction of sp³-hybridized carbons (Fsp3) is 0.0833. The summed E-state index contributed by atoms with van der Waals surface area (Å²) in [7, 11) is 0. The highest BCUT2D eigenvalue weighted by atomic mass is 32.1. The van der Waals surface area contributed by atoms with Crippen LogP contribution < -0.4 is 0 Å². The van der Waals surface area contributed by atoms with Gasteiger partial charge >= 0.3 is 5.97 Å². The third kappa shape index (κ3) is 2.46. The molecule has 0 bridgehead atoms. The number of carboxylic acids is 1. The van der Waals surface area contributed by atoms with E-state index in [1.165, 1.54) is 23.5 Å². The maximum atomic E-state index is 12.7. The van der Waals surface area contributed by atoms with Gasteiger partial charge in [-0.25, -0.2) is 4.39 Å². The van der Waals surface area contributed by atoms with Gasteiger partial charge in [-0.2, -0.15) is 0 Å². The van der Waals surface area contributed by atoms with Gasteiger partial charge in [-0.15, -0.1) is 11.3 Å². The number of halogens is 1. The zero-order valence-electron chi connectivity index (χ0n) is 8.31. The maximum Gasteiger partial charge on any atom is 0.308 e. The molecule has 1 heterocycles. The molecule has 4 heteroatoms. The molecule has 2 nitrogen and oxygen atoms in total. The van der Waals surface area contributed by atoms with E-state index in [2.05, 4.69) is 0 Å². The Morgan fingerprint density at radius 1 is 1.19 bits per heavy atom. The Labute approximate surface area is 96.0 Å². The van der Waals surface area contributed by atoms with Gasteiger partial charge in [-0.3, -0.25) is 4.79 Å². The smallest absolute Gasteiger partial charge is 0.308 e. The number of carboxylic acid groups (broad SMARTS) is 1. The van der Waals surface area contributed by atoms with Crippen LogP contribution in [0.5, 0.6) is 0 Å². The first kappa shape index (κ1) is 10.8. The molecule has 1 aromatic heterocycles. The second-order valence-electron chi connectivity index (χ2n) is 3.34. The first-order chi connectivity index (χ1) is 7.65. The first-order valence-corrected chi connectivity index (χ1v) is 5.53. The fourth-order valence-electron chi connectivity index (χ4n) is 1.39. The van der Waals surface area contributed by atoms with Crippen LogP contribution in [0.3, 0.4) is 0 Å². The van der Waals surface area contributed by atoms with Crippen molar-refractivity contribution in [2.45, 2.75) is 6.42 Å². The van der Waals surface area contributed by atoms with E-state index in [1.54, 1.807) is 18.2 Å². The molecule has 82 valence electrons. The number of thiophene rings is 1. The van der Waals surface area contributed by atoms with E-state index in [4.69, 9.17) is 5.11 Å². The first-order valence-electron chi connectivity index (χ1n) is 4.71. The van der Waals surface area contributed by atoms with Gasteiger partial charge in [0.05, 0.1) is 6.42 Å². The highest BCUT2D eigenvalue weighted by Crippen LogP contribution is 2.28. The van der Waals surface area contributed by atoms with Crippen LogP contribution in [0.25, 0.3) is 10.4 Å². The lowest BCUT2D eigenvalue weighted by Gasteiger charge is -1.96. The van der Waals surface area contributed by atoms with Crippen LogP contribution in [0.15, 0.2) is 36.4 Å². The molecular weight excluding hydrogens is 227 g/mol. The van der Waals surface area contributed by atoms with Crippen LogP contribution in [-0.2, 0) is 11.2 Å². The second kappa shape index (κ2) is 4.45. The van der Waals surface area contributed by atoms with Crippen molar-refractivity contribution in [1.82, 2.24) is 0 Å². The van der Waals surface area contributed by atoms with Crippen LogP contribution in [0, 0.1) is 5.82 Å². The monoisotopic (exact) mass is 236 g/mol. The highest BCUT2D eigenvalue weighted by Gasteiger charge is 2.06. The molecule has 0 aliphatic heterocycles. The van der Waals surface area contributed by atoms with Gasteiger partial charge in [0.15, 0.2) is 0 Å². The van der Waals surface area contributed by atoms with E-state index >= 15 is 0 Å². The molecule has 0 saturated heterocycles. The van der Waals surface area contributed by atoms with Gasteiger partial charge in [0, 0.05) is 9.75 Å². The van der Waals surface area contributed by atoms with Crippen molar-refractivity contribution >= 4 is 17.3 Å². The molecule has 0 aliphatic carbocycles. The predicted octanol–water partition coefficient (Wildman–Crippen LogP) is 3.18. The van der Waals surface area contributed by atoms with Crippen molar-refractivity contribution in [3.63, 3.8) is 0 Å². The van der Waals surface area contributed by atoms with Crippen LogP contribution in [0.4, 0.5) is 4.39 Å². The minimum Gasteiger partial charge on any atom is -0.481 e. The minimum atomic E-state index is -0.840. The Kier molecular flexibility index (Phi) is 3.01. The molecule has 0 atom stereocenters. The van der Waals surface area contributed by atoms with Crippen molar-refractivity contribution in [1.29, 1.82) is 0 Å². The molecule has 0 aliphatic rings. The lowest BCUT2D eigenvalue weighted by atomic mass is 10.2.